The molecule has 0 saturated carbocycles. The van der Waals surface area contributed by atoms with E-state index in [2.05, 4.69) is 0 Å². The normalized spacial score (nSPS) is 10.5. The topological polar surface area (TPSA) is 43.1 Å². The SMILES string of the molecule is Nc1cc(F)cc(C(=O)c2ccc(Cl)s2)c1F. The van der Waals surface area contributed by atoms with Crippen LogP contribution < -0.4 is 5.73 Å². The summed E-state index contributed by atoms with van der Waals surface area (Å²) < 4.78 is 27.1. The molecule has 0 fully saturated rings. The first-order valence-electron chi connectivity index (χ1n) is 4.53. The van der Waals surface area contributed by atoms with Crippen LogP contribution in [0.25, 0.3) is 0 Å². The minimum Gasteiger partial charge on any atom is -0.396 e. The van der Waals surface area contributed by atoms with Crippen molar-refractivity contribution < 1.29 is 13.6 Å². The number of rotatable bonds is 2. The average Bonchev–Trinajstić information content (AvgIpc) is 2.69. The fourth-order valence-corrected chi connectivity index (χ4v) is 2.34. The largest absolute Gasteiger partial charge is 0.396 e. The summed E-state index contributed by atoms with van der Waals surface area (Å²) in [5.74, 6) is -2.30. The molecule has 1 aromatic heterocycles. The van der Waals surface area contributed by atoms with Crippen molar-refractivity contribution in [3.8, 4) is 0 Å². The molecule has 17 heavy (non-hydrogen) atoms. The van der Waals surface area contributed by atoms with E-state index in [-0.39, 0.29) is 10.4 Å². The van der Waals surface area contributed by atoms with Gasteiger partial charge in [-0.05, 0) is 24.3 Å². The molecule has 1 aromatic carbocycles. The molecule has 0 atom stereocenters. The molecule has 0 amide bonds. The first kappa shape index (κ1) is 12.0. The van der Waals surface area contributed by atoms with Gasteiger partial charge < -0.3 is 5.73 Å². The van der Waals surface area contributed by atoms with Gasteiger partial charge in [0.1, 0.15) is 5.82 Å². The maximum absolute atomic E-state index is 13.6. The number of thiophene rings is 1. The second-order valence-electron chi connectivity index (χ2n) is 3.29. The Kier molecular flexibility index (Phi) is 3.13. The lowest BCUT2D eigenvalue weighted by Gasteiger charge is -2.03. The number of hydrogen-bond acceptors (Lipinski definition) is 3. The summed E-state index contributed by atoms with van der Waals surface area (Å²) in [4.78, 5) is 12.1. The smallest absolute Gasteiger partial charge is 0.206 e. The molecule has 2 nitrogen and oxygen atoms in total. The molecular weight excluding hydrogens is 268 g/mol. The zero-order valence-corrected chi connectivity index (χ0v) is 9.91. The molecule has 0 radical (unpaired) electrons. The molecule has 6 heteroatoms. The van der Waals surface area contributed by atoms with E-state index in [1.54, 1.807) is 0 Å². The number of hydrogen-bond donors (Lipinski definition) is 1. The quantitative estimate of drug-likeness (QED) is 0.672. The first-order chi connectivity index (χ1) is 7.99. The maximum Gasteiger partial charge on any atom is 0.206 e. The Morgan fingerprint density at radius 1 is 1.29 bits per heavy atom. The van der Waals surface area contributed by atoms with E-state index in [1.807, 2.05) is 0 Å². The minimum atomic E-state index is -0.916. The van der Waals surface area contributed by atoms with Gasteiger partial charge in [0.05, 0.1) is 20.5 Å². The van der Waals surface area contributed by atoms with Crippen LogP contribution in [0.2, 0.25) is 4.34 Å². The third kappa shape index (κ3) is 2.30. The lowest BCUT2D eigenvalue weighted by Crippen LogP contribution is -2.06. The van der Waals surface area contributed by atoms with Crippen LogP contribution in [-0.2, 0) is 0 Å². The van der Waals surface area contributed by atoms with Crippen molar-refractivity contribution in [3.05, 3.63) is 50.7 Å². The fraction of sp³-hybridized carbons (Fsp3) is 0. The lowest BCUT2D eigenvalue weighted by atomic mass is 10.1. The molecule has 0 saturated heterocycles. The summed E-state index contributed by atoms with van der Waals surface area (Å²) in [6.45, 7) is 0. The van der Waals surface area contributed by atoms with Gasteiger partial charge in [-0.25, -0.2) is 8.78 Å². The van der Waals surface area contributed by atoms with Gasteiger partial charge in [-0.2, -0.15) is 0 Å². The van der Waals surface area contributed by atoms with Crippen molar-refractivity contribution in [1.82, 2.24) is 0 Å². The van der Waals surface area contributed by atoms with E-state index in [4.69, 9.17) is 17.3 Å². The molecule has 0 aliphatic heterocycles. The highest BCUT2D eigenvalue weighted by molar-refractivity contribution is 7.18. The Bertz CT molecular complexity index is 597. The predicted molar refractivity (Wildman–Crippen MR) is 63.5 cm³/mol. The molecule has 2 rings (SSSR count). The number of benzene rings is 1. The number of carbonyl (C=O) groups is 1. The molecule has 0 bridgehead atoms. The first-order valence-corrected chi connectivity index (χ1v) is 5.73. The van der Waals surface area contributed by atoms with E-state index in [0.29, 0.717) is 4.34 Å². The van der Waals surface area contributed by atoms with Gasteiger partial charge >= 0.3 is 0 Å². The molecule has 0 aliphatic rings. The Hall–Kier alpha value is -1.46. The van der Waals surface area contributed by atoms with E-state index >= 15 is 0 Å². The molecule has 88 valence electrons. The molecule has 0 spiro atoms. The number of ketones is 1. The highest BCUT2D eigenvalue weighted by Crippen LogP contribution is 2.26. The average molecular weight is 274 g/mol. The zero-order chi connectivity index (χ0) is 12.6. The monoisotopic (exact) mass is 273 g/mol. The summed E-state index contributed by atoms with van der Waals surface area (Å²) in [6, 6.07) is 4.62. The maximum atomic E-state index is 13.6. The zero-order valence-electron chi connectivity index (χ0n) is 8.34. The minimum absolute atomic E-state index is 0.235. The predicted octanol–water partition coefficient (Wildman–Crippen LogP) is 3.49. The van der Waals surface area contributed by atoms with Crippen molar-refractivity contribution in [3.63, 3.8) is 0 Å². The van der Waals surface area contributed by atoms with Gasteiger partial charge in [0.2, 0.25) is 5.78 Å². The summed E-state index contributed by atoms with van der Waals surface area (Å²) in [6.07, 6.45) is 0. The van der Waals surface area contributed by atoms with Crippen molar-refractivity contribution in [2.24, 2.45) is 0 Å². The Labute approximate surface area is 105 Å². The number of nitrogens with two attached hydrogens (primary N) is 1. The van der Waals surface area contributed by atoms with Crippen LogP contribution in [0.1, 0.15) is 15.2 Å². The van der Waals surface area contributed by atoms with Gasteiger partial charge in [0.15, 0.2) is 5.82 Å². The third-order valence-corrected chi connectivity index (χ3v) is 3.34. The van der Waals surface area contributed by atoms with Crippen molar-refractivity contribution in [2.45, 2.75) is 0 Å². The van der Waals surface area contributed by atoms with Crippen LogP contribution in [-0.4, -0.2) is 5.78 Å². The fourth-order valence-electron chi connectivity index (χ4n) is 1.34. The van der Waals surface area contributed by atoms with Crippen LogP contribution >= 0.6 is 22.9 Å². The second kappa shape index (κ2) is 4.43. The van der Waals surface area contributed by atoms with Crippen molar-refractivity contribution in [1.29, 1.82) is 0 Å². The standard InChI is InChI=1S/C11H6ClF2NOS/c12-9-2-1-8(17-9)11(16)6-3-5(13)4-7(15)10(6)14/h1-4H,15H2. The molecular formula is C11H6ClF2NOS. The van der Waals surface area contributed by atoms with Crippen LogP contribution in [0.3, 0.4) is 0 Å². The van der Waals surface area contributed by atoms with Gasteiger partial charge in [0.25, 0.3) is 0 Å². The lowest BCUT2D eigenvalue weighted by molar-refractivity contribution is 0.103. The van der Waals surface area contributed by atoms with E-state index < -0.39 is 23.1 Å². The number of halogens is 3. The van der Waals surface area contributed by atoms with Crippen LogP contribution in [0.4, 0.5) is 14.5 Å². The van der Waals surface area contributed by atoms with Crippen LogP contribution in [0.15, 0.2) is 24.3 Å². The summed E-state index contributed by atoms with van der Waals surface area (Å²) >= 11 is 6.67. The van der Waals surface area contributed by atoms with Gasteiger partial charge in [-0.3, -0.25) is 4.79 Å². The Balaban J connectivity index is 2.51. The molecule has 0 aliphatic carbocycles. The van der Waals surface area contributed by atoms with Crippen LogP contribution in [0.5, 0.6) is 0 Å². The highest BCUT2D eigenvalue weighted by atomic mass is 35.5. The number of carbonyl (C=O) groups excluding carboxylic acids is 1. The van der Waals surface area contributed by atoms with Crippen molar-refractivity contribution in [2.75, 3.05) is 5.73 Å². The van der Waals surface area contributed by atoms with Crippen LogP contribution in [0, 0.1) is 11.6 Å². The third-order valence-electron chi connectivity index (χ3n) is 2.11. The molecule has 0 unspecified atom stereocenters. The molecule has 2 N–H and O–H groups in total. The summed E-state index contributed by atoms with van der Waals surface area (Å²) in [5.41, 5.74) is 4.47. The summed E-state index contributed by atoms with van der Waals surface area (Å²) in [7, 11) is 0. The van der Waals surface area contributed by atoms with E-state index in [9.17, 15) is 13.6 Å². The molecule has 2 aromatic rings. The number of nitrogen functional groups attached to an aromatic ring is 1. The van der Waals surface area contributed by atoms with Gasteiger partial charge in [0, 0.05) is 0 Å². The number of anilines is 1. The highest BCUT2D eigenvalue weighted by Gasteiger charge is 2.19. The van der Waals surface area contributed by atoms with E-state index in [0.717, 1.165) is 23.5 Å². The van der Waals surface area contributed by atoms with E-state index in [1.165, 1.54) is 12.1 Å². The van der Waals surface area contributed by atoms with Crippen molar-refractivity contribution >= 4 is 34.4 Å². The Morgan fingerprint density at radius 3 is 2.59 bits per heavy atom. The Morgan fingerprint density at radius 2 is 2.00 bits per heavy atom. The van der Waals surface area contributed by atoms with Gasteiger partial charge in [-0.15, -0.1) is 11.3 Å². The summed E-state index contributed by atoms with van der Waals surface area (Å²) in [5, 5.41) is 0. The molecule has 1 heterocycles. The van der Waals surface area contributed by atoms with Gasteiger partial charge in [-0.1, -0.05) is 11.6 Å². The second-order valence-corrected chi connectivity index (χ2v) is 5.00.